The van der Waals surface area contributed by atoms with Crippen molar-refractivity contribution in [3.05, 3.63) is 23.4 Å². The van der Waals surface area contributed by atoms with Gasteiger partial charge in [0.15, 0.2) is 0 Å². The van der Waals surface area contributed by atoms with Gasteiger partial charge in [-0.25, -0.2) is 4.98 Å². The summed E-state index contributed by atoms with van der Waals surface area (Å²) in [7, 11) is 0. The molecule has 0 fully saturated rings. The van der Waals surface area contributed by atoms with Crippen LogP contribution in [0, 0.1) is 0 Å². The van der Waals surface area contributed by atoms with Crippen LogP contribution in [-0.4, -0.2) is 41.2 Å². The number of nitrogens with zero attached hydrogens (tertiary/aromatic N) is 2. The number of amides is 1. The number of hydrogen-bond acceptors (Lipinski definition) is 4. The van der Waals surface area contributed by atoms with Gasteiger partial charge in [0.05, 0.1) is 6.54 Å². The lowest BCUT2D eigenvalue weighted by atomic mass is 10.1. The molecule has 2 rings (SSSR count). The molecule has 0 spiro atoms. The minimum Gasteiger partial charge on any atom is -0.370 e. The maximum atomic E-state index is 12.1. The predicted octanol–water partition coefficient (Wildman–Crippen LogP) is 2.20. The van der Waals surface area contributed by atoms with Gasteiger partial charge in [-0.2, -0.15) is 0 Å². The number of Topliss-reactive ketones (excluding diaryl/α,β-unsaturated/α-hetero) is 1. The molecule has 0 aliphatic carbocycles. The summed E-state index contributed by atoms with van der Waals surface area (Å²) in [6, 6.07) is 4.20. The van der Waals surface area contributed by atoms with E-state index < -0.39 is 0 Å². The van der Waals surface area contributed by atoms with Gasteiger partial charge in [-0.05, 0) is 51.2 Å². The second-order valence-electron chi connectivity index (χ2n) is 5.80. The smallest absolute Gasteiger partial charge is 0.222 e. The average molecular weight is 303 g/mol. The lowest BCUT2D eigenvalue weighted by molar-refractivity contribution is -0.134. The fourth-order valence-corrected chi connectivity index (χ4v) is 2.73. The Balaban J connectivity index is 1.83. The maximum Gasteiger partial charge on any atom is 0.222 e. The van der Waals surface area contributed by atoms with Crippen LogP contribution in [0.25, 0.3) is 0 Å². The van der Waals surface area contributed by atoms with Crippen molar-refractivity contribution < 1.29 is 9.59 Å². The average Bonchev–Trinajstić information content (AvgIpc) is 2.52. The predicted molar refractivity (Wildman–Crippen MR) is 86.9 cm³/mol. The molecule has 2 heterocycles. The zero-order valence-corrected chi connectivity index (χ0v) is 13.5. The molecule has 120 valence electrons. The third kappa shape index (κ3) is 4.55. The number of hydrogen-bond donors (Lipinski definition) is 1. The van der Waals surface area contributed by atoms with E-state index in [1.165, 1.54) is 12.5 Å². The largest absolute Gasteiger partial charge is 0.370 e. The van der Waals surface area contributed by atoms with Gasteiger partial charge in [0.2, 0.25) is 5.91 Å². The van der Waals surface area contributed by atoms with E-state index in [-0.39, 0.29) is 18.2 Å². The molecule has 0 aromatic carbocycles. The molecule has 0 saturated heterocycles. The van der Waals surface area contributed by atoms with Gasteiger partial charge in [-0.15, -0.1) is 0 Å². The molecule has 1 amide bonds. The third-order valence-corrected chi connectivity index (χ3v) is 3.92. The standard InChI is InChI=1S/C17H25N3O2/c1-3-20(12-13(2)21)16(22)8-4-7-15-10-9-14-6-5-11-18-17(14)19-15/h9-10H,3-8,11-12H2,1-2H3,(H,18,19). The topological polar surface area (TPSA) is 62.3 Å². The van der Waals surface area contributed by atoms with Crippen molar-refractivity contribution in [1.82, 2.24) is 9.88 Å². The SMILES string of the molecule is CCN(CC(C)=O)C(=O)CCCc1ccc2c(n1)NCCC2. The zero-order valence-electron chi connectivity index (χ0n) is 13.5. The molecule has 0 bridgehead atoms. The lowest BCUT2D eigenvalue weighted by Crippen LogP contribution is -2.34. The summed E-state index contributed by atoms with van der Waals surface area (Å²) >= 11 is 0. The molecule has 0 radical (unpaired) electrons. The van der Waals surface area contributed by atoms with Gasteiger partial charge in [0, 0.05) is 25.2 Å². The van der Waals surface area contributed by atoms with Crippen LogP contribution in [0.3, 0.4) is 0 Å². The lowest BCUT2D eigenvalue weighted by Gasteiger charge is -2.19. The second kappa shape index (κ2) is 7.92. The van der Waals surface area contributed by atoms with Crippen molar-refractivity contribution in [3.8, 4) is 0 Å². The van der Waals surface area contributed by atoms with Gasteiger partial charge in [-0.3, -0.25) is 9.59 Å². The molecular formula is C17H25N3O2. The van der Waals surface area contributed by atoms with Crippen LogP contribution in [0.5, 0.6) is 0 Å². The number of carbonyl (C=O) groups is 2. The summed E-state index contributed by atoms with van der Waals surface area (Å²) in [5.74, 6) is 1.08. The summed E-state index contributed by atoms with van der Waals surface area (Å²) in [6.45, 7) is 5.20. The highest BCUT2D eigenvalue weighted by molar-refractivity contribution is 5.84. The molecular weight excluding hydrogens is 278 g/mol. The van der Waals surface area contributed by atoms with Crippen LogP contribution in [0.4, 0.5) is 5.82 Å². The Morgan fingerprint density at radius 1 is 1.36 bits per heavy atom. The van der Waals surface area contributed by atoms with Crippen LogP contribution in [0.1, 0.15) is 44.4 Å². The molecule has 0 saturated carbocycles. The Bertz CT molecular complexity index is 543. The van der Waals surface area contributed by atoms with E-state index >= 15 is 0 Å². The minimum atomic E-state index is 0.0256. The Morgan fingerprint density at radius 3 is 2.91 bits per heavy atom. The highest BCUT2D eigenvalue weighted by atomic mass is 16.2. The van der Waals surface area contributed by atoms with Crippen LogP contribution >= 0.6 is 0 Å². The van der Waals surface area contributed by atoms with Crippen molar-refractivity contribution in [2.75, 3.05) is 25.0 Å². The normalized spacial score (nSPS) is 13.2. The highest BCUT2D eigenvalue weighted by Gasteiger charge is 2.14. The number of aryl methyl sites for hydroxylation is 2. The van der Waals surface area contributed by atoms with E-state index in [9.17, 15) is 9.59 Å². The van der Waals surface area contributed by atoms with Crippen molar-refractivity contribution in [1.29, 1.82) is 0 Å². The third-order valence-electron chi connectivity index (χ3n) is 3.92. The first-order valence-electron chi connectivity index (χ1n) is 8.10. The monoisotopic (exact) mass is 303 g/mol. The van der Waals surface area contributed by atoms with E-state index in [1.54, 1.807) is 4.90 Å². The van der Waals surface area contributed by atoms with E-state index in [4.69, 9.17) is 0 Å². The number of aromatic nitrogens is 1. The number of fused-ring (bicyclic) bond motifs is 1. The zero-order chi connectivity index (χ0) is 15.9. The van der Waals surface area contributed by atoms with Crippen molar-refractivity contribution in [2.24, 2.45) is 0 Å². The molecule has 1 aromatic rings. The van der Waals surface area contributed by atoms with E-state index in [1.807, 2.05) is 6.92 Å². The Kier molecular flexibility index (Phi) is 5.92. The number of pyridine rings is 1. The number of ketones is 1. The summed E-state index contributed by atoms with van der Waals surface area (Å²) in [5.41, 5.74) is 2.31. The molecule has 1 N–H and O–H groups in total. The van der Waals surface area contributed by atoms with Crippen molar-refractivity contribution >= 4 is 17.5 Å². The molecule has 5 heteroatoms. The number of nitrogens with one attached hydrogen (secondary N) is 1. The highest BCUT2D eigenvalue weighted by Crippen LogP contribution is 2.20. The van der Waals surface area contributed by atoms with Crippen LogP contribution in [0.15, 0.2) is 12.1 Å². The minimum absolute atomic E-state index is 0.0256. The van der Waals surface area contributed by atoms with Crippen molar-refractivity contribution in [3.63, 3.8) is 0 Å². The van der Waals surface area contributed by atoms with E-state index in [2.05, 4.69) is 22.4 Å². The fraction of sp³-hybridized carbons (Fsp3) is 0.588. The maximum absolute atomic E-state index is 12.1. The number of anilines is 1. The first-order chi connectivity index (χ1) is 10.6. The molecule has 5 nitrogen and oxygen atoms in total. The van der Waals surface area contributed by atoms with Crippen LogP contribution in [-0.2, 0) is 22.4 Å². The van der Waals surface area contributed by atoms with Gasteiger partial charge in [-0.1, -0.05) is 6.07 Å². The summed E-state index contributed by atoms with van der Waals surface area (Å²) in [4.78, 5) is 29.5. The van der Waals surface area contributed by atoms with Crippen LogP contribution in [0.2, 0.25) is 0 Å². The molecule has 22 heavy (non-hydrogen) atoms. The number of rotatable bonds is 7. The van der Waals surface area contributed by atoms with Gasteiger partial charge in [0.1, 0.15) is 11.6 Å². The Hall–Kier alpha value is -1.91. The molecule has 1 aliphatic heterocycles. The summed E-state index contributed by atoms with van der Waals surface area (Å²) in [5, 5.41) is 3.33. The summed E-state index contributed by atoms with van der Waals surface area (Å²) in [6.07, 6.45) is 4.26. The molecule has 0 atom stereocenters. The van der Waals surface area contributed by atoms with Gasteiger partial charge >= 0.3 is 0 Å². The van der Waals surface area contributed by atoms with Crippen molar-refractivity contribution in [2.45, 2.75) is 46.0 Å². The van der Waals surface area contributed by atoms with Gasteiger partial charge in [0.25, 0.3) is 0 Å². The van der Waals surface area contributed by atoms with Gasteiger partial charge < -0.3 is 10.2 Å². The fourth-order valence-electron chi connectivity index (χ4n) is 2.73. The Labute approximate surface area is 132 Å². The number of carbonyl (C=O) groups excluding carboxylic acids is 2. The van der Waals surface area contributed by atoms with E-state index in [0.29, 0.717) is 13.0 Å². The molecule has 1 aliphatic rings. The second-order valence-corrected chi connectivity index (χ2v) is 5.80. The number of likely N-dealkylation sites (N-methyl/N-ethyl adjacent to an activating group) is 1. The first-order valence-corrected chi connectivity index (χ1v) is 8.10. The first kappa shape index (κ1) is 16.5. The summed E-state index contributed by atoms with van der Waals surface area (Å²) < 4.78 is 0. The molecule has 1 aromatic heterocycles. The Morgan fingerprint density at radius 2 is 2.18 bits per heavy atom. The van der Waals surface area contributed by atoms with Crippen LogP contribution < -0.4 is 5.32 Å². The molecule has 0 unspecified atom stereocenters. The van der Waals surface area contributed by atoms with E-state index in [0.717, 1.165) is 43.7 Å². The quantitative estimate of drug-likeness (QED) is 0.839.